The van der Waals surface area contributed by atoms with Gasteiger partial charge in [0.2, 0.25) is 11.6 Å². The molecular formula is C40H23N5. The number of imidazole rings is 4. The Balaban J connectivity index is 1.31. The Labute approximate surface area is 256 Å². The van der Waals surface area contributed by atoms with Crippen molar-refractivity contribution in [1.29, 1.82) is 0 Å². The molecular weight excluding hydrogens is 550 g/mol. The lowest BCUT2D eigenvalue weighted by Crippen LogP contribution is -1.89. The van der Waals surface area contributed by atoms with Gasteiger partial charge in [0.15, 0.2) is 0 Å². The predicted molar refractivity (Wildman–Crippen MR) is 184 cm³/mol. The minimum absolute atomic E-state index is 0.880. The molecule has 4 aromatic heterocycles. The van der Waals surface area contributed by atoms with Gasteiger partial charge in [0, 0.05) is 0 Å². The van der Waals surface area contributed by atoms with Crippen LogP contribution in [0.3, 0.4) is 0 Å². The second-order valence-corrected chi connectivity index (χ2v) is 12.0. The molecule has 0 unspecified atom stereocenters. The fraction of sp³-hybridized carbons (Fsp3) is 0. The molecule has 0 saturated heterocycles. The number of hydrogen-bond donors (Lipinski definition) is 0. The van der Waals surface area contributed by atoms with Crippen LogP contribution in [0, 0.1) is 0 Å². The normalized spacial score (nSPS) is 12.4. The minimum Gasteiger partial charge on any atom is -0.276 e. The van der Waals surface area contributed by atoms with Gasteiger partial charge in [-0.1, -0.05) is 97.1 Å². The van der Waals surface area contributed by atoms with Gasteiger partial charge in [0.1, 0.15) is 5.52 Å². The molecule has 0 saturated carbocycles. The van der Waals surface area contributed by atoms with Gasteiger partial charge in [0.05, 0.1) is 33.1 Å². The summed E-state index contributed by atoms with van der Waals surface area (Å²) < 4.78 is 6.90. The van der Waals surface area contributed by atoms with Crippen LogP contribution >= 0.6 is 0 Å². The van der Waals surface area contributed by atoms with Crippen LogP contribution in [0.2, 0.25) is 0 Å². The zero-order valence-corrected chi connectivity index (χ0v) is 24.0. The van der Waals surface area contributed by atoms with E-state index in [-0.39, 0.29) is 0 Å². The molecule has 11 rings (SSSR count). The summed E-state index contributed by atoms with van der Waals surface area (Å²) in [6, 6.07) is 50.1. The van der Waals surface area contributed by atoms with Gasteiger partial charge >= 0.3 is 0 Å². The molecule has 7 aromatic carbocycles. The van der Waals surface area contributed by atoms with Gasteiger partial charge in [-0.25, -0.2) is 14.4 Å². The molecule has 4 heterocycles. The Morgan fingerprint density at radius 2 is 0.800 bits per heavy atom. The van der Waals surface area contributed by atoms with E-state index in [2.05, 4.69) is 153 Å². The highest BCUT2D eigenvalue weighted by atomic mass is 15.3. The first-order chi connectivity index (χ1) is 22.3. The summed E-state index contributed by atoms with van der Waals surface area (Å²) in [5.74, 6) is 1.76. The number of fused-ring (bicyclic) bond motifs is 12. The Hall–Kier alpha value is -6.20. The van der Waals surface area contributed by atoms with Crippen LogP contribution in [0.1, 0.15) is 0 Å². The standard InChI is InChI=1S/C40H23N5/c1-2-9-24(10-3-1)25-15-8-16-26(17-25)31-22-36-38-37(23-31)44-35-21-30-14-7-5-12-28(30)19-33(35)42-40(44)45(38)39-41-32-18-27-11-4-6-13-29(27)20-34(32)43(36)39/h1-23H. The third-order valence-corrected chi connectivity index (χ3v) is 9.49. The molecule has 0 amide bonds. The van der Waals surface area contributed by atoms with Crippen molar-refractivity contribution in [2.45, 2.75) is 0 Å². The van der Waals surface area contributed by atoms with Crippen molar-refractivity contribution in [3.8, 4) is 22.3 Å². The van der Waals surface area contributed by atoms with Crippen LogP contribution in [0.15, 0.2) is 140 Å². The minimum atomic E-state index is 0.880. The zero-order chi connectivity index (χ0) is 29.2. The molecule has 0 bridgehead atoms. The lowest BCUT2D eigenvalue weighted by molar-refractivity contribution is 1.15. The second-order valence-electron chi connectivity index (χ2n) is 12.0. The number of hydrogen-bond acceptors (Lipinski definition) is 2. The predicted octanol–water partition coefficient (Wildman–Crippen LogP) is 9.77. The molecule has 11 aromatic rings. The first kappa shape index (κ1) is 23.3. The largest absolute Gasteiger partial charge is 0.276 e. The van der Waals surface area contributed by atoms with Crippen molar-refractivity contribution < 1.29 is 0 Å². The zero-order valence-electron chi connectivity index (χ0n) is 24.0. The van der Waals surface area contributed by atoms with E-state index in [1.165, 1.54) is 38.2 Å². The number of rotatable bonds is 2. The summed E-state index contributed by atoms with van der Waals surface area (Å²) in [5.41, 5.74) is 12.3. The van der Waals surface area contributed by atoms with Gasteiger partial charge in [-0.15, -0.1) is 0 Å². The maximum Gasteiger partial charge on any atom is 0.223 e. The average molecular weight is 574 g/mol. The summed E-state index contributed by atoms with van der Waals surface area (Å²) in [4.78, 5) is 10.5. The molecule has 0 aliphatic carbocycles. The van der Waals surface area contributed by atoms with Crippen LogP contribution in [0.4, 0.5) is 0 Å². The molecule has 5 heteroatoms. The molecule has 0 fully saturated rings. The summed E-state index contributed by atoms with van der Waals surface area (Å²) >= 11 is 0. The van der Waals surface area contributed by atoms with Crippen molar-refractivity contribution >= 4 is 71.7 Å². The van der Waals surface area contributed by atoms with Crippen molar-refractivity contribution in [1.82, 2.24) is 23.2 Å². The van der Waals surface area contributed by atoms with E-state index in [1.807, 2.05) is 0 Å². The highest BCUT2D eigenvalue weighted by Crippen LogP contribution is 2.39. The highest BCUT2D eigenvalue weighted by molar-refractivity contribution is 6.08. The van der Waals surface area contributed by atoms with E-state index in [0.717, 1.165) is 55.7 Å². The maximum atomic E-state index is 5.26. The quantitative estimate of drug-likeness (QED) is 0.206. The fourth-order valence-corrected chi connectivity index (χ4v) is 7.41. The van der Waals surface area contributed by atoms with E-state index in [1.54, 1.807) is 0 Å². The second kappa shape index (κ2) is 8.24. The van der Waals surface area contributed by atoms with Gasteiger partial charge in [-0.3, -0.25) is 8.80 Å². The monoisotopic (exact) mass is 573 g/mol. The molecule has 0 N–H and O–H groups in total. The van der Waals surface area contributed by atoms with Gasteiger partial charge in [0.25, 0.3) is 0 Å². The SMILES string of the molecule is c1ccc(-c2cccc(-c3cc4c5c(c3)n3c6cc7ccccc7cc6nc3n5c3nc5cc6ccccc6cc5n43)c2)cc1. The molecule has 0 spiro atoms. The van der Waals surface area contributed by atoms with Crippen LogP contribution in [0.25, 0.3) is 94.0 Å². The lowest BCUT2D eigenvalue weighted by atomic mass is 9.98. The van der Waals surface area contributed by atoms with Crippen LogP contribution in [-0.2, 0) is 0 Å². The molecule has 5 nitrogen and oxygen atoms in total. The number of benzene rings is 7. The number of aromatic nitrogens is 5. The van der Waals surface area contributed by atoms with E-state index < -0.39 is 0 Å². The Bertz CT molecular complexity index is 2820. The fourth-order valence-electron chi connectivity index (χ4n) is 7.41. The van der Waals surface area contributed by atoms with Crippen LogP contribution in [-0.4, -0.2) is 23.2 Å². The summed E-state index contributed by atoms with van der Waals surface area (Å²) in [6.45, 7) is 0. The topological polar surface area (TPSA) is 39.0 Å². The van der Waals surface area contributed by atoms with E-state index in [0.29, 0.717) is 0 Å². The Morgan fingerprint density at radius 3 is 1.36 bits per heavy atom. The van der Waals surface area contributed by atoms with E-state index >= 15 is 0 Å². The van der Waals surface area contributed by atoms with E-state index in [9.17, 15) is 0 Å². The van der Waals surface area contributed by atoms with Crippen LogP contribution in [0.5, 0.6) is 0 Å². The lowest BCUT2D eigenvalue weighted by Gasteiger charge is -2.08. The summed E-state index contributed by atoms with van der Waals surface area (Å²) in [7, 11) is 0. The molecule has 0 aliphatic rings. The van der Waals surface area contributed by atoms with Crippen molar-refractivity contribution in [2.75, 3.05) is 0 Å². The van der Waals surface area contributed by atoms with Gasteiger partial charge in [-0.05, 0) is 86.3 Å². The molecule has 0 atom stereocenters. The average Bonchev–Trinajstić information content (AvgIpc) is 3.81. The van der Waals surface area contributed by atoms with Crippen LogP contribution < -0.4 is 0 Å². The van der Waals surface area contributed by atoms with Crippen molar-refractivity contribution in [3.05, 3.63) is 140 Å². The first-order valence-electron chi connectivity index (χ1n) is 15.3. The van der Waals surface area contributed by atoms with Crippen molar-refractivity contribution in [3.63, 3.8) is 0 Å². The summed E-state index contributed by atoms with van der Waals surface area (Å²) in [6.07, 6.45) is 0. The first-order valence-corrected chi connectivity index (χ1v) is 15.3. The highest BCUT2D eigenvalue weighted by Gasteiger charge is 2.25. The molecule has 45 heavy (non-hydrogen) atoms. The van der Waals surface area contributed by atoms with E-state index in [4.69, 9.17) is 9.97 Å². The smallest absolute Gasteiger partial charge is 0.223 e. The molecule has 208 valence electrons. The summed E-state index contributed by atoms with van der Waals surface area (Å²) in [5, 5.41) is 4.79. The van der Waals surface area contributed by atoms with Gasteiger partial charge < -0.3 is 0 Å². The Kier molecular flexibility index (Phi) is 4.26. The molecule has 0 aliphatic heterocycles. The Morgan fingerprint density at radius 1 is 0.333 bits per heavy atom. The maximum absolute atomic E-state index is 5.26. The molecule has 0 radical (unpaired) electrons. The third kappa shape index (κ3) is 3.06. The van der Waals surface area contributed by atoms with Gasteiger partial charge in [-0.2, -0.15) is 0 Å². The third-order valence-electron chi connectivity index (χ3n) is 9.49. The number of nitrogens with zero attached hydrogens (tertiary/aromatic N) is 5. The van der Waals surface area contributed by atoms with Crippen molar-refractivity contribution in [2.24, 2.45) is 0 Å².